The highest BCUT2D eigenvalue weighted by Crippen LogP contribution is 2.11. The third kappa shape index (κ3) is 1.99. The molecular weight excluding hydrogens is 152 g/mol. The predicted molar refractivity (Wildman–Crippen MR) is 48.2 cm³/mol. The van der Waals surface area contributed by atoms with Crippen molar-refractivity contribution in [1.82, 2.24) is 0 Å². The molecule has 62 valence electrons. The lowest BCUT2D eigenvalue weighted by molar-refractivity contribution is 0.350. The summed E-state index contributed by atoms with van der Waals surface area (Å²) in [6, 6.07) is 7.38. The number of benzene rings is 1. The van der Waals surface area contributed by atoms with E-state index >= 15 is 0 Å². The molecule has 0 aromatic heterocycles. The molecule has 1 aromatic rings. The van der Waals surface area contributed by atoms with Crippen molar-refractivity contribution in [3.63, 3.8) is 0 Å². The molecule has 0 heterocycles. The number of hydrogen-bond acceptors (Lipinski definition) is 3. The summed E-state index contributed by atoms with van der Waals surface area (Å²) >= 11 is 0. The summed E-state index contributed by atoms with van der Waals surface area (Å²) in [7, 11) is 0. The Bertz CT molecular complexity index is 312. The highest BCUT2D eigenvalue weighted by molar-refractivity contribution is 5.58. The number of para-hydroxylation sites is 1. The van der Waals surface area contributed by atoms with Crippen molar-refractivity contribution in [3.8, 4) is 11.8 Å². The Labute approximate surface area is 71.2 Å². The van der Waals surface area contributed by atoms with Crippen LogP contribution in [-0.4, -0.2) is 11.7 Å². The van der Waals surface area contributed by atoms with Gasteiger partial charge in [0.25, 0.3) is 0 Å². The van der Waals surface area contributed by atoms with Crippen LogP contribution in [0.3, 0.4) is 0 Å². The molecule has 0 aliphatic carbocycles. The van der Waals surface area contributed by atoms with E-state index in [1.54, 1.807) is 0 Å². The van der Waals surface area contributed by atoms with Gasteiger partial charge in [-0.25, -0.2) is 0 Å². The van der Waals surface area contributed by atoms with E-state index in [-0.39, 0.29) is 6.61 Å². The Morgan fingerprint density at radius 2 is 2.17 bits per heavy atom. The van der Waals surface area contributed by atoms with Crippen molar-refractivity contribution in [3.05, 3.63) is 29.8 Å². The first-order valence-electron chi connectivity index (χ1n) is 3.54. The fraction of sp³-hybridized carbons (Fsp3) is 0.111. The second-order valence-electron chi connectivity index (χ2n) is 2.15. The number of hydrazine groups is 1. The van der Waals surface area contributed by atoms with Gasteiger partial charge >= 0.3 is 0 Å². The molecule has 0 amide bonds. The lowest BCUT2D eigenvalue weighted by atomic mass is 10.2. The average Bonchev–Trinajstić information content (AvgIpc) is 2.15. The maximum atomic E-state index is 8.47. The summed E-state index contributed by atoms with van der Waals surface area (Å²) in [4.78, 5) is 0. The summed E-state index contributed by atoms with van der Waals surface area (Å²) < 4.78 is 0. The van der Waals surface area contributed by atoms with E-state index in [1.165, 1.54) is 0 Å². The molecule has 0 aliphatic heterocycles. The molecule has 12 heavy (non-hydrogen) atoms. The average molecular weight is 162 g/mol. The quantitative estimate of drug-likeness (QED) is 0.316. The fourth-order valence-corrected chi connectivity index (χ4v) is 0.853. The molecule has 3 heteroatoms. The molecule has 0 bridgehead atoms. The Hall–Kier alpha value is -1.50. The first-order chi connectivity index (χ1) is 5.88. The van der Waals surface area contributed by atoms with Gasteiger partial charge in [0.2, 0.25) is 0 Å². The number of nitrogens with two attached hydrogens (primary N) is 1. The summed E-state index contributed by atoms with van der Waals surface area (Å²) in [5.74, 6) is 10.6. The van der Waals surface area contributed by atoms with Gasteiger partial charge in [-0.15, -0.1) is 0 Å². The molecule has 0 fully saturated rings. The molecule has 0 saturated heterocycles. The highest BCUT2D eigenvalue weighted by atomic mass is 16.2. The van der Waals surface area contributed by atoms with Crippen molar-refractivity contribution >= 4 is 5.69 Å². The number of hydrogen-bond donors (Lipinski definition) is 3. The Balaban J connectivity index is 2.97. The molecule has 4 N–H and O–H groups in total. The number of nitrogen functional groups attached to an aromatic ring is 1. The van der Waals surface area contributed by atoms with Crippen LogP contribution in [0.25, 0.3) is 0 Å². The van der Waals surface area contributed by atoms with Gasteiger partial charge in [0.05, 0.1) is 5.69 Å². The zero-order valence-corrected chi connectivity index (χ0v) is 6.54. The molecule has 0 spiro atoms. The van der Waals surface area contributed by atoms with Crippen LogP contribution < -0.4 is 11.3 Å². The topological polar surface area (TPSA) is 58.3 Å². The maximum Gasteiger partial charge on any atom is 0.104 e. The van der Waals surface area contributed by atoms with Crippen molar-refractivity contribution in [2.24, 2.45) is 5.84 Å². The third-order valence-electron chi connectivity index (χ3n) is 1.38. The molecule has 1 rings (SSSR count). The van der Waals surface area contributed by atoms with Crippen LogP contribution in [0.5, 0.6) is 0 Å². The first kappa shape index (κ1) is 8.60. The third-order valence-corrected chi connectivity index (χ3v) is 1.38. The summed E-state index contributed by atoms with van der Waals surface area (Å²) in [6.45, 7) is -0.140. The van der Waals surface area contributed by atoms with Gasteiger partial charge in [-0.05, 0) is 12.1 Å². The largest absolute Gasteiger partial charge is 0.384 e. The molecule has 0 saturated carbocycles. The SMILES string of the molecule is NNc1ccccc1C#CCO. The molecule has 0 unspecified atom stereocenters. The number of nitrogens with one attached hydrogen (secondary N) is 1. The van der Waals surface area contributed by atoms with Crippen LogP contribution in [0.4, 0.5) is 5.69 Å². The van der Waals surface area contributed by atoms with E-state index in [1.807, 2.05) is 24.3 Å². The Morgan fingerprint density at radius 3 is 2.83 bits per heavy atom. The van der Waals surface area contributed by atoms with Gasteiger partial charge in [-0.1, -0.05) is 24.0 Å². The van der Waals surface area contributed by atoms with Crippen LogP contribution in [0.15, 0.2) is 24.3 Å². The second-order valence-corrected chi connectivity index (χ2v) is 2.15. The van der Waals surface area contributed by atoms with Crippen LogP contribution in [0, 0.1) is 11.8 Å². The van der Waals surface area contributed by atoms with Gasteiger partial charge in [0.1, 0.15) is 6.61 Å². The fourth-order valence-electron chi connectivity index (χ4n) is 0.853. The molecule has 1 aromatic carbocycles. The lowest BCUT2D eigenvalue weighted by Gasteiger charge is -2.00. The second kappa shape index (κ2) is 4.39. The van der Waals surface area contributed by atoms with Crippen LogP contribution in [-0.2, 0) is 0 Å². The first-order valence-corrected chi connectivity index (χ1v) is 3.54. The number of rotatable bonds is 1. The number of aliphatic hydroxyl groups excluding tert-OH is 1. The smallest absolute Gasteiger partial charge is 0.104 e. The zero-order chi connectivity index (χ0) is 8.81. The monoisotopic (exact) mass is 162 g/mol. The van der Waals surface area contributed by atoms with Gasteiger partial charge < -0.3 is 10.5 Å². The highest BCUT2D eigenvalue weighted by Gasteiger charge is 1.93. The van der Waals surface area contributed by atoms with E-state index in [2.05, 4.69) is 17.3 Å². The van der Waals surface area contributed by atoms with E-state index in [4.69, 9.17) is 10.9 Å². The summed E-state index contributed by atoms with van der Waals surface area (Å²) in [6.07, 6.45) is 0. The van der Waals surface area contributed by atoms with Gasteiger partial charge in [0.15, 0.2) is 0 Å². The van der Waals surface area contributed by atoms with Crippen molar-refractivity contribution in [2.75, 3.05) is 12.0 Å². The standard InChI is InChI=1S/C9H10N2O/c10-11-9-6-2-1-4-8(9)5-3-7-12/h1-2,4,6,11-12H,7,10H2. The minimum Gasteiger partial charge on any atom is -0.384 e. The summed E-state index contributed by atoms with van der Waals surface area (Å²) in [5, 5.41) is 8.47. The lowest BCUT2D eigenvalue weighted by Crippen LogP contribution is -2.07. The molecule has 0 radical (unpaired) electrons. The maximum absolute atomic E-state index is 8.47. The number of anilines is 1. The van der Waals surface area contributed by atoms with Gasteiger partial charge in [0, 0.05) is 5.56 Å². The van der Waals surface area contributed by atoms with E-state index in [9.17, 15) is 0 Å². The Morgan fingerprint density at radius 1 is 1.42 bits per heavy atom. The molecule has 0 atom stereocenters. The Kier molecular flexibility index (Phi) is 3.15. The van der Waals surface area contributed by atoms with Crippen LogP contribution in [0.1, 0.15) is 5.56 Å². The summed E-state index contributed by atoms with van der Waals surface area (Å²) in [5.41, 5.74) is 4.07. The minimum absolute atomic E-state index is 0.140. The number of aliphatic hydroxyl groups is 1. The normalized spacial score (nSPS) is 8.50. The minimum atomic E-state index is -0.140. The van der Waals surface area contributed by atoms with Crippen LogP contribution in [0.2, 0.25) is 0 Å². The van der Waals surface area contributed by atoms with Gasteiger partial charge in [-0.2, -0.15) is 0 Å². The van der Waals surface area contributed by atoms with Crippen molar-refractivity contribution in [1.29, 1.82) is 0 Å². The van der Waals surface area contributed by atoms with Crippen LogP contribution >= 0.6 is 0 Å². The molecule has 0 aliphatic rings. The molecular formula is C9H10N2O. The molecule has 3 nitrogen and oxygen atoms in total. The van der Waals surface area contributed by atoms with E-state index in [0.29, 0.717) is 0 Å². The van der Waals surface area contributed by atoms with Gasteiger partial charge in [-0.3, -0.25) is 5.84 Å². The predicted octanol–water partition coefficient (Wildman–Crippen LogP) is 0.316. The van der Waals surface area contributed by atoms with Crippen molar-refractivity contribution < 1.29 is 5.11 Å². The van der Waals surface area contributed by atoms with E-state index in [0.717, 1.165) is 11.3 Å². The van der Waals surface area contributed by atoms with E-state index < -0.39 is 0 Å². The zero-order valence-electron chi connectivity index (χ0n) is 6.54. The van der Waals surface area contributed by atoms with Crippen molar-refractivity contribution in [2.45, 2.75) is 0 Å².